The Hall–Kier alpha value is -1.31. The number of benzene rings is 1. The Morgan fingerprint density at radius 1 is 1.06 bits per heavy atom. The molecule has 0 aromatic heterocycles. The number of aliphatic imine (C=N–C) groups is 1. The lowest BCUT2D eigenvalue weighted by atomic mass is 10.0. The molecule has 1 aromatic rings. The fourth-order valence-corrected chi connectivity index (χ4v) is 1.56. The monoisotopic (exact) mass is 218 g/mol. The van der Waals surface area contributed by atoms with Gasteiger partial charge in [0.1, 0.15) is 5.84 Å². The van der Waals surface area contributed by atoms with Gasteiger partial charge >= 0.3 is 0 Å². The first kappa shape index (κ1) is 12.8. The van der Waals surface area contributed by atoms with Crippen LogP contribution in [0, 0.1) is 5.92 Å². The van der Waals surface area contributed by atoms with E-state index in [9.17, 15) is 0 Å². The van der Waals surface area contributed by atoms with Crippen LogP contribution in [0.4, 0.5) is 5.69 Å². The molecule has 0 amide bonds. The fourth-order valence-electron chi connectivity index (χ4n) is 1.56. The van der Waals surface area contributed by atoms with Crippen LogP contribution < -0.4 is 5.32 Å². The Labute approximate surface area is 98.8 Å². The SMILES string of the molecule is CN=C(Nc1ccc(C(C)C)cc1)C(C)C. The molecule has 0 aliphatic carbocycles. The molecule has 0 bridgehead atoms. The maximum Gasteiger partial charge on any atom is 0.103 e. The molecule has 0 unspecified atom stereocenters. The van der Waals surface area contributed by atoms with Gasteiger partial charge in [-0.05, 0) is 23.6 Å². The zero-order valence-corrected chi connectivity index (χ0v) is 10.9. The van der Waals surface area contributed by atoms with Gasteiger partial charge in [0.05, 0.1) is 0 Å². The summed E-state index contributed by atoms with van der Waals surface area (Å²) in [5.74, 6) is 2.03. The Bertz CT molecular complexity index is 348. The lowest BCUT2D eigenvalue weighted by Gasteiger charge is -2.13. The number of anilines is 1. The van der Waals surface area contributed by atoms with E-state index in [1.165, 1.54) is 5.56 Å². The molecule has 0 radical (unpaired) electrons. The van der Waals surface area contributed by atoms with Crippen LogP contribution in [0.15, 0.2) is 29.3 Å². The van der Waals surface area contributed by atoms with Crippen molar-refractivity contribution < 1.29 is 0 Å². The molecule has 16 heavy (non-hydrogen) atoms. The molecule has 1 N–H and O–H groups in total. The van der Waals surface area contributed by atoms with E-state index in [1.807, 2.05) is 7.05 Å². The first-order chi connectivity index (χ1) is 7.54. The molecule has 2 nitrogen and oxygen atoms in total. The van der Waals surface area contributed by atoms with E-state index in [4.69, 9.17) is 0 Å². The van der Waals surface area contributed by atoms with Crippen LogP contribution in [-0.4, -0.2) is 12.9 Å². The van der Waals surface area contributed by atoms with E-state index >= 15 is 0 Å². The number of amidine groups is 1. The molecule has 0 saturated heterocycles. The average Bonchev–Trinajstić information content (AvgIpc) is 2.26. The summed E-state index contributed by atoms with van der Waals surface area (Å²) in [4.78, 5) is 4.25. The van der Waals surface area contributed by atoms with Gasteiger partial charge in [0.15, 0.2) is 0 Å². The van der Waals surface area contributed by atoms with Crippen molar-refractivity contribution in [2.24, 2.45) is 10.9 Å². The minimum atomic E-state index is 0.426. The molecule has 1 rings (SSSR count). The lowest BCUT2D eigenvalue weighted by molar-refractivity contribution is 0.866. The molecule has 88 valence electrons. The van der Waals surface area contributed by atoms with Gasteiger partial charge in [-0.25, -0.2) is 0 Å². The molecular weight excluding hydrogens is 196 g/mol. The largest absolute Gasteiger partial charge is 0.344 e. The smallest absolute Gasteiger partial charge is 0.103 e. The Kier molecular flexibility index (Phi) is 4.53. The zero-order chi connectivity index (χ0) is 12.1. The van der Waals surface area contributed by atoms with Crippen molar-refractivity contribution in [3.8, 4) is 0 Å². The van der Waals surface area contributed by atoms with Crippen molar-refractivity contribution in [2.75, 3.05) is 12.4 Å². The molecule has 0 fully saturated rings. The van der Waals surface area contributed by atoms with Gasteiger partial charge in [0, 0.05) is 18.7 Å². The summed E-state index contributed by atoms with van der Waals surface area (Å²) >= 11 is 0. The third-order valence-corrected chi connectivity index (χ3v) is 2.64. The molecule has 0 heterocycles. The summed E-state index contributed by atoms with van der Waals surface area (Å²) < 4.78 is 0. The highest BCUT2D eigenvalue weighted by Gasteiger charge is 2.04. The van der Waals surface area contributed by atoms with Gasteiger partial charge in [-0.3, -0.25) is 4.99 Å². The van der Waals surface area contributed by atoms with Gasteiger partial charge in [0.25, 0.3) is 0 Å². The van der Waals surface area contributed by atoms with Gasteiger partial charge in [-0.15, -0.1) is 0 Å². The summed E-state index contributed by atoms with van der Waals surface area (Å²) in [5, 5.41) is 3.34. The maximum atomic E-state index is 4.25. The highest BCUT2D eigenvalue weighted by atomic mass is 15.0. The van der Waals surface area contributed by atoms with Crippen LogP contribution in [0.25, 0.3) is 0 Å². The molecule has 0 atom stereocenters. The van der Waals surface area contributed by atoms with Crippen molar-refractivity contribution in [1.29, 1.82) is 0 Å². The van der Waals surface area contributed by atoms with Gasteiger partial charge < -0.3 is 5.32 Å². The maximum absolute atomic E-state index is 4.25. The third-order valence-electron chi connectivity index (χ3n) is 2.64. The van der Waals surface area contributed by atoms with Gasteiger partial charge in [0.2, 0.25) is 0 Å². The second-order valence-electron chi connectivity index (χ2n) is 4.67. The number of rotatable bonds is 3. The minimum absolute atomic E-state index is 0.426. The van der Waals surface area contributed by atoms with Crippen LogP contribution in [0.1, 0.15) is 39.2 Å². The van der Waals surface area contributed by atoms with E-state index in [1.54, 1.807) is 0 Å². The van der Waals surface area contributed by atoms with Crippen molar-refractivity contribution in [3.63, 3.8) is 0 Å². The highest BCUT2D eigenvalue weighted by molar-refractivity contribution is 5.96. The van der Waals surface area contributed by atoms with E-state index < -0.39 is 0 Å². The predicted octanol–water partition coefficient (Wildman–Crippen LogP) is 3.91. The first-order valence-electron chi connectivity index (χ1n) is 5.88. The first-order valence-corrected chi connectivity index (χ1v) is 5.88. The van der Waals surface area contributed by atoms with E-state index in [0.29, 0.717) is 11.8 Å². The quantitative estimate of drug-likeness (QED) is 0.604. The minimum Gasteiger partial charge on any atom is -0.344 e. The highest BCUT2D eigenvalue weighted by Crippen LogP contribution is 2.17. The number of hydrogen-bond donors (Lipinski definition) is 1. The standard InChI is InChI=1S/C14H22N2/c1-10(2)12-6-8-13(9-7-12)16-14(15-5)11(3)4/h6-11H,1-5H3,(H,15,16). The van der Waals surface area contributed by atoms with Crippen LogP contribution >= 0.6 is 0 Å². The van der Waals surface area contributed by atoms with Crippen molar-refractivity contribution >= 4 is 11.5 Å². The summed E-state index contributed by atoms with van der Waals surface area (Å²) in [6.07, 6.45) is 0. The topological polar surface area (TPSA) is 24.4 Å². The summed E-state index contributed by atoms with van der Waals surface area (Å²) in [7, 11) is 1.82. The van der Waals surface area contributed by atoms with Gasteiger partial charge in [-0.1, -0.05) is 39.8 Å². The molecule has 0 spiro atoms. The number of hydrogen-bond acceptors (Lipinski definition) is 1. The molecule has 0 aliphatic heterocycles. The molecular formula is C14H22N2. The summed E-state index contributed by atoms with van der Waals surface area (Å²) in [6, 6.07) is 8.56. The average molecular weight is 218 g/mol. The Morgan fingerprint density at radius 2 is 1.62 bits per heavy atom. The predicted molar refractivity (Wildman–Crippen MR) is 72.4 cm³/mol. The lowest BCUT2D eigenvalue weighted by Crippen LogP contribution is -2.18. The van der Waals surface area contributed by atoms with Crippen molar-refractivity contribution in [1.82, 2.24) is 0 Å². The van der Waals surface area contributed by atoms with Crippen LogP contribution in [0.2, 0.25) is 0 Å². The van der Waals surface area contributed by atoms with Crippen molar-refractivity contribution in [3.05, 3.63) is 29.8 Å². The summed E-state index contributed by atoms with van der Waals surface area (Å²) in [6.45, 7) is 8.68. The van der Waals surface area contributed by atoms with E-state index in [0.717, 1.165) is 11.5 Å². The number of nitrogens with zero attached hydrogens (tertiary/aromatic N) is 1. The Balaban J connectivity index is 2.76. The second kappa shape index (κ2) is 5.69. The molecule has 0 aliphatic rings. The zero-order valence-electron chi connectivity index (χ0n) is 10.9. The van der Waals surface area contributed by atoms with Crippen molar-refractivity contribution in [2.45, 2.75) is 33.6 Å². The second-order valence-corrected chi connectivity index (χ2v) is 4.67. The van der Waals surface area contributed by atoms with Crippen LogP contribution in [-0.2, 0) is 0 Å². The molecule has 1 aromatic carbocycles. The fraction of sp³-hybridized carbons (Fsp3) is 0.500. The van der Waals surface area contributed by atoms with Crippen LogP contribution in [0.3, 0.4) is 0 Å². The normalized spacial score (nSPS) is 12.3. The summed E-state index contributed by atoms with van der Waals surface area (Å²) in [5.41, 5.74) is 2.48. The molecule has 0 saturated carbocycles. The Morgan fingerprint density at radius 3 is 2.00 bits per heavy atom. The number of nitrogens with one attached hydrogen (secondary N) is 1. The van der Waals surface area contributed by atoms with E-state index in [2.05, 4.69) is 62.3 Å². The van der Waals surface area contributed by atoms with Gasteiger partial charge in [-0.2, -0.15) is 0 Å². The van der Waals surface area contributed by atoms with E-state index in [-0.39, 0.29) is 0 Å². The third kappa shape index (κ3) is 3.37. The van der Waals surface area contributed by atoms with Crippen LogP contribution in [0.5, 0.6) is 0 Å². The molecule has 2 heteroatoms.